The van der Waals surface area contributed by atoms with E-state index in [0.29, 0.717) is 0 Å². The number of aryl methyl sites for hydroxylation is 1. The van der Waals surface area contributed by atoms with Crippen LogP contribution in [-0.4, -0.2) is 0 Å². The molecule has 2 aromatic carbocycles. The van der Waals surface area contributed by atoms with E-state index in [-0.39, 0.29) is 5.82 Å². The van der Waals surface area contributed by atoms with E-state index in [1.807, 2.05) is 31.2 Å². The number of benzene rings is 2. The minimum atomic E-state index is -0.165. The average Bonchev–Trinajstić information content (AvgIpc) is 2.29. The first-order valence-electron chi connectivity index (χ1n) is 5.18. The maximum absolute atomic E-state index is 12.9. The largest absolute Gasteiger partial charge is 0.207 e. The molecule has 16 heavy (non-hydrogen) atoms. The van der Waals surface area contributed by atoms with Crippen molar-refractivity contribution >= 4 is 11.8 Å². The van der Waals surface area contributed by atoms with Crippen molar-refractivity contribution in [1.29, 1.82) is 0 Å². The predicted molar refractivity (Wildman–Crippen MR) is 67.1 cm³/mol. The van der Waals surface area contributed by atoms with Crippen LogP contribution >= 0.6 is 11.8 Å². The maximum Gasteiger partial charge on any atom is 0.123 e. The summed E-state index contributed by atoms with van der Waals surface area (Å²) in [6.45, 7) is 1.94. The molecule has 0 aliphatic rings. The number of halogens is 1. The summed E-state index contributed by atoms with van der Waals surface area (Å²) >= 11 is 1.74. The second-order valence-corrected chi connectivity index (χ2v) is 4.70. The lowest BCUT2D eigenvalue weighted by molar-refractivity contribution is 0.625. The Morgan fingerprint density at radius 1 is 1.06 bits per heavy atom. The van der Waals surface area contributed by atoms with Gasteiger partial charge in [-0.2, -0.15) is 0 Å². The van der Waals surface area contributed by atoms with Gasteiger partial charge in [0.15, 0.2) is 0 Å². The Morgan fingerprint density at radius 2 is 1.81 bits per heavy atom. The SMILES string of the molecule is Cc1cc(F)ccc1SCc1ccccc1. The van der Waals surface area contributed by atoms with Gasteiger partial charge >= 0.3 is 0 Å². The van der Waals surface area contributed by atoms with Crippen molar-refractivity contribution in [3.8, 4) is 0 Å². The molecule has 0 amide bonds. The van der Waals surface area contributed by atoms with E-state index in [1.165, 1.54) is 11.6 Å². The molecule has 0 saturated carbocycles. The highest BCUT2D eigenvalue weighted by Crippen LogP contribution is 2.26. The van der Waals surface area contributed by atoms with Gasteiger partial charge in [0.1, 0.15) is 5.82 Å². The molecule has 82 valence electrons. The van der Waals surface area contributed by atoms with Gasteiger partial charge in [0.05, 0.1) is 0 Å². The first-order chi connectivity index (χ1) is 7.75. The van der Waals surface area contributed by atoms with Gasteiger partial charge < -0.3 is 0 Å². The van der Waals surface area contributed by atoms with Crippen LogP contribution in [0.4, 0.5) is 4.39 Å². The topological polar surface area (TPSA) is 0 Å². The Balaban J connectivity index is 2.05. The van der Waals surface area contributed by atoms with Gasteiger partial charge in [-0.15, -0.1) is 11.8 Å². The summed E-state index contributed by atoms with van der Waals surface area (Å²) in [5, 5.41) is 0. The monoisotopic (exact) mass is 232 g/mol. The summed E-state index contributed by atoms with van der Waals surface area (Å²) < 4.78 is 12.9. The first-order valence-corrected chi connectivity index (χ1v) is 6.17. The predicted octanol–water partition coefficient (Wildman–Crippen LogP) is 4.43. The second-order valence-electron chi connectivity index (χ2n) is 3.68. The highest BCUT2D eigenvalue weighted by atomic mass is 32.2. The van der Waals surface area contributed by atoms with Crippen molar-refractivity contribution in [3.05, 3.63) is 65.5 Å². The summed E-state index contributed by atoms with van der Waals surface area (Å²) in [4.78, 5) is 1.14. The Labute approximate surface area is 99.5 Å². The van der Waals surface area contributed by atoms with Gasteiger partial charge in [0.25, 0.3) is 0 Å². The molecule has 0 atom stereocenters. The van der Waals surface area contributed by atoms with Crippen LogP contribution in [0.25, 0.3) is 0 Å². The van der Waals surface area contributed by atoms with Crippen molar-refractivity contribution in [1.82, 2.24) is 0 Å². The summed E-state index contributed by atoms with van der Waals surface area (Å²) in [6.07, 6.45) is 0. The van der Waals surface area contributed by atoms with Crippen LogP contribution in [0.15, 0.2) is 53.4 Å². The summed E-state index contributed by atoms with van der Waals surface area (Å²) in [6, 6.07) is 15.2. The van der Waals surface area contributed by atoms with Crippen LogP contribution in [0.3, 0.4) is 0 Å². The Hall–Kier alpha value is -1.28. The van der Waals surface area contributed by atoms with Gasteiger partial charge in [-0.25, -0.2) is 4.39 Å². The van der Waals surface area contributed by atoms with Crippen molar-refractivity contribution < 1.29 is 4.39 Å². The Kier molecular flexibility index (Phi) is 3.62. The van der Waals surface area contributed by atoms with E-state index in [9.17, 15) is 4.39 Å². The molecule has 0 nitrogen and oxygen atoms in total. The van der Waals surface area contributed by atoms with E-state index >= 15 is 0 Å². The smallest absolute Gasteiger partial charge is 0.123 e. The zero-order valence-electron chi connectivity index (χ0n) is 9.11. The fourth-order valence-electron chi connectivity index (χ4n) is 1.51. The average molecular weight is 232 g/mol. The Morgan fingerprint density at radius 3 is 2.50 bits per heavy atom. The van der Waals surface area contributed by atoms with Gasteiger partial charge in [0.2, 0.25) is 0 Å². The van der Waals surface area contributed by atoms with E-state index in [2.05, 4.69) is 12.1 Å². The summed E-state index contributed by atoms with van der Waals surface area (Å²) in [5.41, 5.74) is 2.29. The third-order valence-electron chi connectivity index (χ3n) is 2.37. The van der Waals surface area contributed by atoms with Crippen LogP contribution in [0.5, 0.6) is 0 Å². The van der Waals surface area contributed by atoms with Crippen molar-refractivity contribution in [2.24, 2.45) is 0 Å². The molecular formula is C14H13FS. The number of thioether (sulfide) groups is 1. The van der Waals surface area contributed by atoms with Crippen molar-refractivity contribution in [3.63, 3.8) is 0 Å². The molecule has 0 N–H and O–H groups in total. The highest BCUT2D eigenvalue weighted by molar-refractivity contribution is 7.98. The normalized spacial score (nSPS) is 10.4. The lowest BCUT2D eigenvalue weighted by atomic mass is 10.2. The molecular weight excluding hydrogens is 219 g/mol. The highest BCUT2D eigenvalue weighted by Gasteiger charge is 2.01. The molecule has 2 heteroatoms. The molecule has 0 heterocycles. The standard InChI is InChI=1S/C14H13FS/c1-11-9-13(15)7-8-14(11)16-10-12-5-3-2-4-6-12/h2-9H,10H2,1H3. The third kappa shape index (κ3) is 2.86. The van der Waals surface area contributed by atoms with Crippen LogP contribution in [0, 0.1) is 12.7 Å². The quantitative estimate of drug-likeness (QED) is 0.706. The lowest BCUT2D eigenvalue weighted by Gasteiger charge is -2.05. The molecule has 0 aliphatic carbocycles. The maximum atomic E-state index is 12.9. The lowest BCUT2D eigenvalue weighted by Crippen LogP contribution is -1.84. The molecule has 2 aromatic rings. The number of hydrogen-bond acceptors (Lipinski definition) is 1. The fourth-order valence-corrected chi connectivity index (χ4v) is 2.48. The van der Waals surface area contributed by atoms with Crippen molar-refractivity contribution in [2.75, 3.05) is 0 Å². The zero-order chi connectivity index (χ0) is 11.4. The first kappa shape index (κ1) is 11.2. The van der Waals surface area contributed by atoms with Gasteiger partial charge in [0, 0.05) is 10.6 Å². The van der Waals surface area contributed by atoms with E-state index < -0.39 is 0 Å². The molecule has 0 unspecified atom stereocenters. The molecule has 2 rings (SSSR count). The molecule has 0 aliphatic heterocycles. The van der Waals surface area contributed by atoms with E-state index in [4.69, 9.17) is 0 Å². The van der Waals surface area contributed by atoms with Crippen LogP contribution in [0.1, 0.15) is 11.1 Å². The third-order valence-corrected chi connectivity index (χ3v) is 3.62. The number of hydrogen-bond donors (Lipinski definition) is 0. The second kappa shape index (κ2) is 5.17. The van der Waals surface area contributed by atoms with Crippen molar-refractivity contribution in [2.45, 2.75) is 17.6 Å². The van der Waals surface area contributed by atoms with Crippen LogP contribution in [-0.2, 0) is 5.75 Å². The molecule has 0 aromatic heterocycles. The van der Waals surface area contributed by atoms with E-state index in [0.717, 1.165) is 16.2 Å². The van der Waals surface area contributed by atoms with Gasteiger partial charge in [-0.3, -0.25) is 0 Å². The minimum Gasteiger partial charge on any atom is -0.207 e. The number of rotatable bonds is 3. The van der Waals surface area contributed by atoms with Crippen LogP contribution < -0.4 is 0 Å². The molecule has 0 spiro atoms. The van der Waals surface area contributed by atoms with Crippen LogP contribution in [0.2, 0.25) is 0 Å². The van der Waals surface area contributed by atoms with Gasteiger partial charge in [-0.05, 0) is 36.2 Å². The zero-order valence-corrected chi connectivity index (χ0v) is 9.93. The van der Waals surface area contributed by atoms with Gasteiger partial charge in [-0.1, -0.05) is 30.3 Å². The molecule has 0 radical (unpaired) electrons. The molecule has 0 bridgehead atoms. The molecule has 0 fully saturated rings. The molecule has 0 saturated heterocycles. The minimum absolute atomic E-state index is 0.165. The summed E-state index contributed by atoms with van der Waals surface area (Å²) in [5.74, 6) is 0.759. The summed E-state index contributed by atoms with van der Waals surface area (Å²) in [7, 11) is 0. The van der Waals surface area contributed by atoms with E-state index in [1.54, 1.807) is 17.8 Å². The fraction of sp³-hybridized carbons (Fsp3) is 0.143. The Bertz CT molecular complexity index is 465.